The van der Waals surface area contributed by atoms with E-state index in [0.29, 0.717) is 0 Å². The SMILES string of the molecule is C1=Cc2nc1c(-c1ccccc1)c1ccc([n-]1)[13c](-c1ccccc1)c1nc(c(-c3ccccc3)c3ccc([n-]3)[13c]2-c2ccccc2)C=C1.[Pd+2]. The van der Waals surface area contributed by atoms with E-state index in [-0.39, 0.29) is 20.4 Å². The Balaban J connectivity index is 0.00000348. The zero-order chi connectivity index (χ0) is 31.9. The first-order valence-corrected chi connectivity index (χ1v) is 16.1. The molecule has 0 spiro atoms. The molecule has 0 atom stereocenters. The van der Waals surface area contributed by atoms with Crippen LogP contribution in [0.4, 0.5) is 0 Å². The van der Waals surface area contributed by atoms with Gasteiger partial charge in [-0.25, -0.2) is 9.97 Å². The van der Waals surface area contributed by atoms with E-state index in [1.54, 1.807) is 0 Å². The van der Waals surface area contributed by atoms with Gasteiger partial charge in [-0.3, -0.25) is 0 Å². The number of hydrogen-bond donors (Lipinski definition) is 0. The first-order chi connectivity index (χ1) is 23.8. The molecular weight excluding hydrogens is 693 g/mol. The molecule has 0 radical (unpaired) electrons. The molecule has 2 aliphatic rings. The summed E-state index contributed by atoms with van der Waals surface area (Å²) >= 11 is 0. The van der Waals surface area contributed by atoms with Crippen LogP contribution in [0.5, 0.6) is 0 Å². The standard InChI is InChI=1S/C44H28N4.Pd/c1-5-13-29(14-6-1)41-33-21-23-35(45-33)42(30-15-7-2-8-16-30)37-25-27-39(47-37)44(32-19-11-4-12-20-32)40-28-26-38(48-40)43(31-17-9-3-10-18-31)36-24-22-34(41)46-36;/h1-28H;/q-2;+2/i41+1,44+1;. The van der Waals surface area contributed by atoms with Gasteiger partial charge in [0.2, 0.25) is 0 Å². The van der Waals surface area contributed by atoms with Gasteiger partial charge in [0.1, 0.15) is 0 Å². The van der Waals surface area contributed by atoms with Gasteiger partial charge in [-0.2, -0.15) is 0 Å². The molecule has 5 heteroatoms. The van der Waals surface area contributed by atoms with Gasteiger partial charge in [-0.15, -0.1) is 22.1 Å². The first-order valence-electron chi connectivity index (χ1n) is 16.1. The molecule has 0 N–H and O–H groups in total. The molecule has 0 fully saturated rings. The summed E-state index contributed by atoms with van der Waals surface area (Å²) in [5, 5.41) is 0. The molecule has 9 rings (SSSR count). The normalized spacial score (nSPS) is 11.8. The molecule has 5 heterocycles. The van der Waals surface area contributed by atoms with E-state index < -0.39 is 0 Å². The van der Waals surface area contributed by atoms with E-state index in [1.165, 1.54) is 0 Å². The van der Waals surface area contributed by atoms with Crippen LogP contribution in [0.1, 0.15) is 22.8 Å². The topological polar surface area (TPSA) is 54.0 Å². The van der Waals surface area contributed by atoms with E-state index in [4.69, 9.17) is 19.9 Å². The summed E-state index contributed by atoms with van der Waals surface area (Å²) in [4.78, 5) is 21.2. The molecule has 0 unspecified atom stereocenters. The minimum absolute atomic E-state index is 0. The van der Waals surface area contributed by atoms with Crippen molar-refractivity contribution in [3.05, 3.63) is 168 Å². The monoisotopic (exact) mass is 720 g/mol. The third kappa shape index (κ3) is 5.60. The van der Waals surface area contributed by atoms with Crippen LogP contribution in [-0.2, 0) is 20.4 Å². The Morgan fingerprint density at radius 1 is 0.286 bits per heavy atom. The van der Waals surface area contributed by atoms with Crippen molar-refractivity contribution in [2.24, 2.45) is 0 Å². The van der Waals surface area contributed by atoms with E-state index >= 15 is 0 Å². The van der Waals surface area contributed by atoms with Gasteiger partial charge >= 0.3 is 20.4 Å². The third-order valence-corrected chi connectivity index (χ3v) is 8.86. The molecule has 2 aliphatic heterocycles. The maximum atomic E-state index is 5.31. The molecule has 0 aliphatic carbocycles. The van der Waals surface area contributed by atoms with Crippen molar-refractivity contribution >= 4 is 46.4 Å². The second-order valence-electron chi connectivity index (χ2n) is 11.8. The summed E-state index contributed by atoms with van der Waals surface area (Å²) in [6.07, 6.45) is 8.41. The van der Waals surface area contributed by atoms with E-state index in [2.05, 4.69) is 146 Å². The Hall–Kier alpha value is -5.86. The zero-order valence-corrected chi connectivity index (χ0v) is 27.8. The molecule has 49 heavy (non-hydrogen) atoms. The molecule has 7 aromatic rings. The Morgan fingerprint density at radius 2 is 0.510 bits per heavy atom. The number of rotatable bonds is 4. The van der Waals surface area contributed by atoms with E-state index in [1.807, 2.05) is 24.3 Å². The minimum atomic E-state index is 0. The third-order valence-electron chi connectivity index (χ3n) is 8.86. The molecule has 0 amide bonds. The van der Waals surface area contributed by atoms with Gasteiger partial charge in [0.05, 0.1) is 22.8 Å². The first kappa shape index (κ1) is 30.5. The molecule has 0 saturated carbocycles. The average molecular weight is 721 g/mol. The van der Waals surface area contributed by atoms with Crippen molar-refractivity contribution in [2.45, 2.75) is 0 Å². The maximum Gasteiger partial charge on any atom is 2.00 e. The summed E-state index contributed by atoms with van der Waals surface area (Å²) in [6.45, 7) is 0. The molecule has 4 aromatic carbocycles. The second kappa shape index (κ2) is 13.0. The molecular formula is C44H28N4Pd. The molecule has 8 bridgehead atoms. The molecule has 0 saturated heterocycles. The smallest absolute Gasteiger partial charge is 0.657 e. The number of hydrogen-bond acceptors (Lipinski definition) is 2. The molecule has 3 aromatic heterocycles. The van der Waals surface area contributed by atoms with Crippen LogP contribution in [0.25, 0.3) is 90.9 Å². The van der Waals surface area contributed by atoms with Crippen LogP contribution in [0.15, 0.2) is 146 Å². The Bertz CT molecular complexity index is 2180. The van der Waals surface area contributed by atoms with Gasteiger partial charge in [0.25, 0.3) is 0 Å². The second-order valence-corrected chi connectivity index (χ2v) is 11.8. The van der Waals surface area contributed by atoms with E-state index in [0.717, 1.165) is 89.4 Å². The summed E-state index contributed by atoms with van der Waals surface area (Å²) in [7, 11) is 0. The summed E-state index contributed by atoms with van der Waals surface area (Å²) in [6, 6.07) is 50.0. The summed E-state index contributed by atoms with van der Waals surface area (Å²) in [5.74, 6) is 0. The quantitative estimate of drug-likeness (QED) is 0.170. The van der Waals surface area contributed by atoms with Crippen LogP contribution in [-0.4, -0.2) is 9.97 Å². The van der Waals surface area contributed by atoms with Crippen LogP contribution in [0.2, 0.25) is 0 Å². The van der Waals surface area contributed by atoms with E-state index in [9.17, 15) is 0 Å². The Labute approximate surface area is 298 Å². The Morgan fingerprint density at radius 3 is 0.735 bits per heavy atom. The van der Waals surface area contributed by atoms with Crippen molar-refractivity contribution in [1.82, 2.24) is 19.9 Å². The van der Waals surface area contributed by atoms with Gasteiger partial charge in [-0.1, -0.05) is 146 Å². The van der Waals surface area contributed by atoms with Gasteiger partial charge in [-0.05, 0) is 68.8 Å². The van der Waals surface area contributed by atoms with Crippen LogP contribution in [0, 0.1) is 0 Å². The number of nitrogens with zero attached hydrogens (tertiary/aromatic N) is 4. The molecule has 4 nitrogen and oxygen atoms in total. The number of benzene rings is 4. The van der Waals surface area contributed by atoms with Crippen LogP contribution >= 0.6 is 0 Å². The fourth-order valence-corrected chi connectivity index (χ4v) is 6.69. The van der Waals surface area contributed by atoms with Crippen molar-refractivity contribution in [1.29, 1.82) is 0 Å². The van der Waals surface area contributed by atoms with Crippen molar-refractivity contribution in [3.63, 3.8) is 0 Å². The fraction of sp³-hybridized carbons (Fsp3) is 0. The summed E-state index contributed by atoms with van der Waals surface area (Å²) in [5.41, 5.74) is 15.0. The fourth-order valence-electron chi connectivity index (χ4n) is 6.69. The number of fused-ring (bicyclic) bond motifs is 8. The van der Waals surface area contributed by atoms with Crippen LogP contribution in [0.3, 0.4) is 0 Å². The Kier molecular flexibility index (Phi) is 8.07. The van der Waals surface area contributed by atoms with Gasteiger partial charge < -0.3 is 9.97 Å². The molecule has 234 valence electrons. The van der Waals surface area contributed by atoms with Crippen molar-refractivity contribution in [3.8, 4) is 44.5 Å². The zero-order valence-electron chi connectivity index (χ0n) is 26.3. The summed E-state index contributed by atoms with van der Waals surface area (Å²) < 4.78 is 0. The van der Waals surface area contributed by atoms with Gasteiger partial charge in [0.15, 0.2) is 0 Å². The van der Waals surface area contributed by atoms with Gasteiger partial charge in [0, 0.05) is 0 Å². The predicted octanol–water partition coefficient (Wildman–Crippen LogP) is 10.6. The largest absolute Gasteiger partial charge is 2.00 e. The number of aromatic nitrogens is 4. The maximum absolute atomic E-state index is 5.31. The van der Waals surface area contributed by atoms with Crippen molar-refractivity contribution < 1.29 is 20.4 Å². The minimum Gasteiger partial charge on any atom is -0.657 e. The predicted molar refractivity (Wildman–Crippen MR) is 199 cm³/mol. The van der Waals surface area contributed by atoms with Crippen LogP contribution < -0.4 is 9.97 Å². The van der Waals surface area contributed by atoms with Crippen molar-refractivity contribution in [2.75, 3.05) is 0 Å². The average Bonchev–Trinajstić information content (AvgIpc) is 3.98.